The van der Waals surface area contributed by atoms with Gasteiger partial charge in [-0.3, -0.25) is 0 Å². The van der Waals surface area contributed by atoms with Crippen molar-refractivity contribution in [1.29, 1.82) is 0 Å². The van der Waals surface area contributed by atoms with Gasteiger partial charge in [-0.05, 0) is 6.92 Å². The fraction of sp³-hybridized carbons (Fsp3) is 1.00. The van der Waals surface area contributed by atoms with Gasteiger partial charge in [-0.1, -0.05) is 0 Å². The van der Waals surface area contributed by atoms with Crippen molar-refractivity contribution in [2.75, 3.05) is 7.05 Å². The maximum atomic E-state index is 10.2. The average Bonchev–Trinajstić information content (AvgIpc) is 1.62. The van der Waals surface area contributed by atoms with Gasteiger partial charge < -0.3 is 14.9 Å². The second kappa shape index (κ2) is 2.77. The van der Waals surface area contributed by atoms with E-state index in [1.165, 1.54) is 6.92 Å². The summed E-state index contributed by atoms with van der Waals surface area (Å²) in [6.45, 7) is 1.28. The maximum absolute atomic E-state index is 10.2. The van der Waals surface area contributed by atoms with E-state index in [-0.39, 0.29) is 0 Å². The molecule has 0 aromatic rings. The first-order valence-corrected chi connectivity index (χ1v) is 3.89. The second-order valence-corrected chi connectivity index (χ2v) is 3.38. The molecular weight excluding hydrogens is 145 g/mol. The molecule has 0 aliphatic rings. The lowest BCUT2D eigenvalue weighted by atomic mass is 10.7. The summed E-state index contributed by atoms with van der Waals surface area (Å²) in [6.07, 6.45) is -1.12. The monoisotopic (exact) mass is 155 g/mol. The molecule has 0 aromatic heterocycles. The zero-order valence-corrected chi connectivity index (χ0v) is 6.12. The van der Waals surface area contributed by atoms with E-state index in [1.54, 1.807) is 0 Å². The molecule has 0 rings (SSSR count). The number of hydrogen-bond acceptors (Lipinski definition) is 2. The average molecular weight is 155 g/mol. The summed E-state index contributed by atoms with van der Waals surface area (Å²) in [4.78, 5) is 16.7. The van der Waals surface area contributed by atoms with Gasteiger partial charge in [-0.25, -0.2) is 4.57 Å². The van der Waals surface area contributed by atoms with Gasteiger partial charge in [0.05, 0.1) is 0 Å². The number of nitrogens with zero attached hydrogens (tertiary/aromatic N) is 1. The smallest absolute Gasteiger partial charge is 0.378 e. The minimum absolute atomic E-state index is 0.576. The molecule has 0 spiro atoms. The largest absolute Gasteiger partial charge is 0.404 e. The van der Waals surface area contributed by atoms with Gasteiger partial charge in [0.1, 0.15) is 6.23 Å². The van der Waals surface area contributed by atoms with Gasteiger partial charge in [-0.2, -0.15) is 4.67 Å². The molecule has 0 heterocycles. The van der Waals surface area contributed by atoms with Crippen LogP contribution in [-0.2, 0) is 4.57 Å². The highest BCUT2D eigenvalue weighted by Crippen LogP contribution is 2.39. The fourth-order valence-corrected chi connectivity index (χ4v) is 0.653. The van der Waals surface area contributed by atoms with E-state index in [9.17, 15) is 4.57 Å². The van der Waals surface area contributed by atoms with Crippen molar-refractivity contribution in [3.63, 3.8) is 0 Å². The summed E-state index contributed by atoms with van der Waals surface area (Å²) in [5.41, 5.74) is 0. The fourth-order valence-electron chi connectivity index (χ4n) is 0.218. The van der Waals surface area contributed by atoms with Crippen LogP contribution < -0.4 is 0 Å². The van der Waals surface area contributed by atoms with Crippen molar-refractivity contribution >= 4 is 7.75 Å². The lowest BCUT2D eigenvalue weighted by molar-refractivity contribution is 0.0751. The normalized spacial score (nSPS) is 16.2. The third kappa shape index (κ3) is 2.93. The Balaban J connectivity index is 4.05. The molecule has 0 bridgehead atoms. The zero-order chi connectivity index (χ0) is 7.65. The number of hydrogen-bond donors (Lipinski definition) is 3. The van der Waals surface area contributed by atoms with Crippen LogP contribution in [0.1, 0.15) is 6.92 Å². The van der Waals surface area contributed by atoms with Gasteiger partial charge in [0, 0.05) is 7.05 Å². The van der Waals surface area contributed by atoms with Crippen LogP contribution >= 0.6 is 7.75 Å². The van der Waals surface area contributed by atoms with E-state index in [2.05, 4.69) is 0 Å². The summed E-state index contributed by atoms with van der Waals surface area (Å²) in [6, 6.07) is 0. The highest BCUT2D eigenvalue weighted by molar-refractivity contribution is 7.49. The quantitative estimate of drug-likeness (QED) is 0.364. The summed E-state index contributed by atoms with van der Waals surface area (Å²) in [5.74, 6) is 0. The Bertz CT molecular complexity index is 130. The predicted octanol–water partition coefficient (Wildman–Crippen LogP) is -0.651. The summed E-state index contributed by atoms with van der Waals surface area (Å²) in [7, 11) is -3.09. The molecule has 1 atom stereocenters. The van der Waals surface area contributed by atoms with Crippen molar-refractivity contribution in [1.82, 2.24) is 4.67 Å². The highest BCUT2D eigenvalue weighted by atomic mass is 31.2. The van der Waals surface area contributed by atoms with Gasteiger partial charge in [0.15, 0.2) is 0 Å². The summed E-state index contributed by atoms with van der Waals surface area (Å²) < 4.78 is 10.8. The van der Waals surface area contributed by atoms with Crippen LogP contribution in [-0.4, -0.2) is 32.8 Å². The van der Waals surface area contributed by atoms with Gasteiger partial charge in [0.2, 0.25) is 0 Å². The predicted molar refractivity (Wildman–Crippen MR) is 31.5 cm³/mol. The van der Waals surface area contributed by atoms with Crippen LogP contribution in [0.2, 0.25) is 0 Å². The number of aliphatic hydroxyl groups is 1. The maximum Gasteiger partial charge on any atom is 0.404 e. The third-order valence-electron chi connectivity index (χ3n) is 0.952. The SMILES string of the molecule is CC(O)N(C)P(=O)(O)O. The molecule has 5 nitrogen and oxygen atoms in total. The Morgan fingerprint density at radius 1 is 1.56 bits per heavy atom. The molecule has 9 heavy (non-hydrogen) atoms. The highest BCUT2D eigenvalue weighted by Gasteiger charge is 2.23. The van der Waals surface area contributed by atoms with Crippen LogP contribution in [0.25, 0.3) is 0 Å². The van der Waals surface area contributed by atoms with Crippen molar-refractivity contribution in [2.45, 2.75) is 13.2 Å². The molecule has 0 aliphatic carbocycles. The van der Waals surface area contributed by atoms with E-state index >= 15 is 0 Å². The Morgan fingerprint density at radius 3 is 1.89 bits per heavy atom. The lowest BCUT2D eigenvalue weighted by Crippen LogP contribution is -2.25. The Morgan fingerprint density at radius 2 is 1.89 bits per heavy atom. The zero-order valence-electron chi connectivity index (χ0n) is 5.22. The third-order valence-corrected chi connectivity index (χ3v) is 2.11. The molecule has 0 fully saturated rings. The molecule has 0 saturated heterocycles. The summed E-state index contributed by atoms with van der Waals surface area (Å²) in [5, 5.41) is 8.59. The molecule has 0 amide bonds. The van der Waals surface area contributed by atoms with Gasteiger partial charge in [0.25, 0.3) is 0 Å². The second-order valence-electron chi connectivity index (χ2n) is 1.72. The topological polar surface area (TPSA) is 81.0 Å². The first kappa shape index (κ1) is 9.07. The molecule has 0 aromatic carbocycles. The molecular formula is C3H10NO4P. The molecule has 6 heteroatoms. The molecule has 0 radical (unpaired) electrons. The lowest BCUT2D eigenvalue weighted by Gasteiger charge is -2.19. The Kier molecular flexibility index (Phi) is 2.79. The first-order chi connectivity index (χ1) is 3.85. The molecule has 0 aliphatic heterocycles. The van der Waals surface area contributed by atoms with Crippen molar-refractivity contribution in [3.8, 4) is 0 Å². The first-order valence-electron chi connectivity index (χ1n) is 2.32. The molecule has 0 saturated carbocycles. The van der Waals surface area contributed by atoms with Gasteiger partial charge in [-0.15, -0.1) is 0 Å². The number of rotatable bonds is 2. The van der Waals surface area contributed by atoms with Gasteiger partial charge >= 0.3 is 7.75 Å². The van der Waals surface area contributed by atoms with Crippen molar-refractivity contribution < 1.29 is 19.5 Å². The van der Waals surface area contributed by atoms with Crippen LogP contribution in [0.4, 0.5) is 0 Å². The van der Waals surface area contributed by atoms with Crippen LogP contribution in [0.5, 0.6) is 0 Å². The molecule has 1 unspecified atom stereocenters. The minimum atomic E-state index is -4.23. The molecule has 3 N–H and O–H groups in total. The molecule has 56 valence electrons. The minimum Gasteiger partial charge on any atom is -0.378 e. The van der Waals surface area contributed by atoms with E-state index in [0.29, 0.717) is 4.67 Å². The van der Waals surface area contributed by atoms with Crippen molar-refractivity contribution in [3.05, 3.63) is 0 Å². The van der Waals surface area contributed by atoms with Crippen molar-refractivity contribution in [2.24, 2.45) is 0 Å². The van der Waals surface area contributed by atoms with E-state index in [0.717, 1.165) is 7.05 Å². The van der Waals surface area contributed by atoms with Crippen LogP contribution in [0.3, 0.4) is 0 Å². The van der Waals surface area contributed by atoms with Crippen LogP contribution in [0, 0.1) is 0 Å². The summed E-state index contributed by atoms with van der Waals surface area (Å²) >= 11 is 0. The van der Waals surface area contributed by atoms with E-state index in [4.69, 9.17) is 14.9 Å². The number of aliphatic hydroxyl groups excluding tert-OH is 1. The van der Waals surface area contributed by atoms with E-state index < -0.39 is 14.0 Å². The van der Waals surface area contributed by atoms with E-state index in [1.807, 2.05) is 0 Å². The standard InChI is InChI=1S/C3H10NO4P/c1-3(5)4(2)9(6,7)8/h3,5H,1-2H3,(H2,6,7,8). The van der Waals surface area contributed by atoms with Crippen LogP contribution in [0.15, 0.2) is 0 Å². The Labute approximate surface area is 53.1 Å². The Hall–Kier alpha value is 0.0700.